The molecule has 0 saturated heterocycles. The number of hydrogen-bond donors (Lipinski definition) is 0. The molecule has 0 saturated carbocycles. The Morgan fingerprint density at radius 3 is 2.74 bits per heavy atom. The van der Waals surface area contributed by atoms with E-state index in [0.717, 1.165) is 6.42 Å². The molecule has 0 aliphatic heterocycles. The fraction of sp³-hybridized carbons (Fsp3) is 0.538. The van der Waals surface area contributed by atoms with Crippen molar-refractivity contribution in [2.75, 3.05) is 26.0 Å². The van der Waals surface area contributed by atoms with Crippen molar-refractivity contribution in [3.8, 4) is 5.75 Å². The van der Waals surface area contributed by atoms with Gasteiger partial charge in [0, 0.05) is 18.6 Å². The van der Waals surface area contributed by atoms with Crippen molar-refractivity contribution < 1.29 is 13.2 Å². The maximum absolute atomic E-state index is 11.8. The van der Waals surface area contributed by atoms with E-state index in [2.05, 4.69) is 0 Å². The molecule has 0 aliphatic carbocycles. The lowest BCUT2D eigenvalue weighted by Gasteiger charge is -2.17. The van der Waals surface area contributed by atoms with Crippen molar-refractivity contribution in [1.29, 1.82) is 0 Å². The van der Waals surface area contributed by atoms with Crippen LogP contribution in [0.3, 0.4) is 0 Å². The first-order valence-electron chi connectivity index (χ1n) is 6.28. The Hall–Kier alpha value is -0.780. The fourth-order valence-corrected chi connectivity index (χ4v) is 2.97. The van der Waals surface area contributed by atoms with Gasteiger partial charge in [-0.2, -0.15) is 0 Å². The number of halogens is 1. The third-order valence-corrected chi connectivity index (χ3v) is 4.87. The molecule has 0 fully saturated rings. The highest BCUT2D eigenvalue weighted by atomic mass is 35.5. The van der Waals surface area contributed by atoms with Crippen LogP contribution < -0.4 is 4.74 Å². The molecule has 1 aromatic rings. The third kappa shape index (κ3) is 5.80. The van der Waals surface area contributed by atoms with Gasteiger partial charge in [0.2, 0.25) is 10.0 Å². The predicted molar refractivity (Wildman–Crippen MR) is 78.3 cm³/mol. The number of nitrogens with zero attached hydrogens (tertiary/aromatic N) is 1. The largest absolute Gasteiger partial charge is 0.492 e. The molecule has 0 unspecified atom stereocenters. The first kappa shape index (κ1) is 16.3. The number of likely N-dealkylation sites (N-methyl/N-ethyl adjacent to an activating group) is 1. The van der Waals surface area contributed by atoms with Crippen molar-refractivity contribution in [1.82, 2.24) is 4.31 Å². The second-order valence-corrected chi connectivity index (χ2v) is 6.93. The molecular formula is C13H20ClNO3S. The van der Waals surface area contributed by atoms with E-state index in [0.29, 0.717) is 30.3 Å². The van der Waals surface area contributed by atoms with Gasteiger partial charge in [0.05, 0.1) is 5.75 Å². The van der Waals surface area contributed by atoms with Crippen molar-refractivity contribution in [2.45, 2.75) is 19.8 Å². The first-order valence-corrected chi connectivity index (χ1v) is 8.27. The zero-order chi connectivity index (χ0) is 14.3. The van der Waals surface area contributed by atoms with Gasteiger partial charge in [-0.3, -0.25) is 0 Å². The van der Waals surface area contributed by atoms with E-state index in [4.69, 9.17) is 16.3 Å². The van der Waals surface area contributed by atoms with Gasteiger partial charge in [0.1, 0.15) is 12.4 Å². The number of rotatable bonds is 8. The molecule has 0 atom stereocenters. The van der Waals surface area contributed by atoms with Crippen molar-refractivity contribution in [2.24, 2.45) is 0 Å². The highest BCUT2D eigenvalue weighted by Gasteiger charge is 2.16. The first-order chi connectivity index (χ1) is 8.95. The molecule has 4 nitrogen and oxygen atoms in total. The Kier molecular flexibility index (Phi) is 6.62. The smallest absolute Gasteiger partial charge is 0.213 e. The van der Waals surface area contributed by atoms with E-state index in [1.807, 2.05) is 6.92 Å². The van der Waals surface area contributed by atoms with Crippen molar-refractivity contribution in [3.05, 3.63) is 29.3 Å². The normalized spacial score (nSPS) is 11.8. The molecule has 0 heterocycles. The van der Waals surface area contributed by atoms with Gasteiger partial charge in [0.25, 0.3) is 0 Å². The van der Waals surface area contributed by atoms with Gasteiger partial charge in [0.15, 0.2) is 0 Å². The van der Waals surface area contributed by atoms with Gasteiger partial charge < -0.3 is 4.74 Å². The monoisotopic (exact) mass is 305 g/mol. The Morgan fingerprint density at radius 2 is 2.11 bits per heavy atom. The molecule has 1 rings (SSSR count). The minimum atomic E-state index is -3.16. The number of unbranched alkanes of at least 4 members (excludes halogenated alkanes) is 1. The Labute approximate surface area is 120 Å². The van der Waals surface area contributed by atoms with Crippen molar-refractivity contribution in [3.63, 3.8) is 0 Å². The van der Waals surface area contributed by atoms with Crippen LogP contribution in [0.15, 0.2) is 24.3 Å². The van der Waals surface area contributed by atoms with Crippen LogP contribution in [0.25, 0.3) is 0 Å². The second kappa shape index (κ2) is 7.72. The summed E-state index contributed by atoms with van der Waals surface area (Å²) in [6.45, 7) is 2.61. The Morgan fingerprint density at radius 1 is 1.37 bits per heavy atom. The van der Waals surface area contributed by atoms with Crippen LogP contribution in [-0.2, 0) is 10.0 Å². The van der Waals surface area contributed by atoms with E-state index in [1.54, 1.807) is 31.3 Å². The molecule has 19 heavy (non-hydrogen) atoms. The lowest BCUT2D eigenvalue weighted by molar-refractivity contribution is 0.287. The predicted octanol–water partition coefficient (Wildman–Crippen LogP) is 2.78. The molecule has 0 N–H and O–H groups in total. The standard InChI is InChI=1S/C13H20ClNO3S/c1-3-4-10-19(16,17)15(2)8-9-18-13-7-5-6-12(14)11-13/h5-7,11H,3-4,8-10H2,1-2H3. The zero-order valence-electron chi connectivity index (χ0n) is 11.3. The van der Waals surface area contributed by atoms with Crippen LogP contribution in [0.2, 0.25) is 5.02 Å². The van der Waals surface area contributed by atoms with E-state index in [1.165, 1.54) is 4.31 Å². The SMILES string of the molecule is CCCCS(=O)(=O)N(C)CCOc1cccc(Cl)c1. The quantitative estimate of drug-likeness (QED) is 0.742. The van der Waals surface area contributed by atoms with Gasteiger partial charge in [-0.25, -0.2) is 12.7 Å². The summed E-state index contributed by atoms with van der Waals surface area (Å²) in [5, 5.41) is 0.599. The van der Waals surface area contributed by atoms with Crippen LogP contribution in [0.4, 0.5) is 0 Å². The van der Waals surface area contributed by atoms with E-state index < -0.39 is 10.0 Å². The third-order valence-electron chi connectivity index (χ3n) is 2.70. The summed E-state index contributed by atoms with van der Waals surface area (Å²) in [5.41, 5.74) is 0. The van der Waals surface area contributed by atoms with Gasteiger partial charge in [-0.15, -0.1) is 0 Å². The van der Waals surface area contributed by atoms with E-state index in [-0.39, 0.29) is 5.75 Å². The molecule has 0 spiro atoms. The van der Waals surface area contributed by atoms with Gasteiger partial charge in [-0.05, 0) is 24.6 Å². The summed E-state index contributed by atoms with van der Waals surface area (Å²) in [4.78, 5) is 0. The fourth-order valence-electron chi connectivity index (χ4n) is 1.47. The molecule has 0 amide bonds. The average Bonchev–Trinajstić information content (AvgIpc) is 2.36. The second-order valence-electron chi connectivity index (χ2n) is 4.30. The molecule has 0 aromatic heterocycles. The van der Waals surface area contributed by atoms with E-state index >= 15 is 0 Å². The lowest BCUT2D eigenvalue weighted by atomic mass is 10.3. The summed E-state index contributed by atoms with van der Waals surface area (Å²) in [7, 11) is -1.58. The maximum Gasteiger partial charge on any atom is 0.213 e. The Bertz CT molecular complexity index is 490. The number of ether oxygens (including phenoxy) is 1. The number of hydrogen-bond acceptors (Lipinski definition) is 3. The number of sulfonamides is 1. The molecule has 6 heteroatoms. The highest BCUT2D eigenvalue weighted by molar-refractivity contribution is 7.89. The van der Waals surface area contributed by atoms with Crippen LogP contribution in [0.1, 0.15) is 19.8 Å². The maximum atomic E-state index is 11.8. The molecular weight excluding hydrogens is 286 g/mol. The van der Waals surface area contributed by atoms with E-state index in [9.17, 15) is 8.42 Å². The highest BCUT2D eigenvalue weighted by Crippen LogP contribution is 2.17. The van der Waals surface area contributed by atoms with Crippen LogP contribution in [-0.4, -0.2) is 38.7 Å². The van der Waals surface area contributed by atoms with Crippen LogP contribution in [0, 0.1) is 0 Å². The molecule has 108 valence electrons. The summed E-state index contributed by atoms with van der Waals surface area (Å²) in [6, 6.07) is 7.04. The lowest BCUT2D eigenvalue weighted by Crippen LogP contribution is -2.32. The zero-order valence-corrected chi connectivity index (χ0v) is 12.9. The molecule has 1 aromatic carbocycles. The summed E-state index contributed by atoms with van der Waals surface area (Å²) < 4.78 is 30.5. The Balaban J connectivity index is 2.40. The topological polar surface area (TPSA) is 46.6 Å². The van der Waals surface area contributed by atoms with Crippen LogP contribution in [0.5, 0.6) is 5.75 Å². The molecule has 0 aliphatic rings. The average molecular weight is 306 g/mol. The van der Waals surface area contributed by atoms with Crippen molar-refractivity contribution >= 4 is 21.6 Å². The summed E-state index contributed by atoms with van der Waals surface area (Å²) in [6.07, 6.45) is 1.55. The minimum absolute atomic E-state index is 0.192. The summed E-state index contributed by atoms with van der Waals surface area (Å²) >= 11 is 5.83. The van der Waals surface area contributed by atoms with Gasteiger partial charge in [-0.1, -0.05) is 31.0 Å². The van der Waals surface area contributed by atoms with Crippen LogP contribution >= 0.6 is 11.6 Å². The molecule has 0 radical (unpaired) electrons. The molecule has 0 bridgehead atoms. The number of benzene rings is 1. The summed E-state index contributed by atoms with van der Waals surface area (Å²) in [5.74, 6) is 0.837. The van der Waals surface area contributed by atoms with Gasteiger partial charge >= 0.3 is 0 Å². The minimum Gasteiger partial charge on any atom is -0.492 e.